The number of unbranched alkanes of at least 4 members (excludes halogenated alkanes) is 15. The zero-order valence-electron chi connectivity index (χ0n) is 19.2. The second kappa shape index (κ2) is 18.3. The van der Waals surface area contributed by atoms with Crippen LogP contribution < -0.4 is 0 Å². The van der Waals surface area contributed by atoms with Crippen molar-refractivity contribution in [2.75, 3.05) is 27.7 Å². The fourth-order valence-electron chi connectivity index (χ4n) is 3.76. The highest BCUT2D eigenvalue weighted by Crippen LogP contribution is 2.14. The van der Waals surface area contributed by atoms with Crippen LogP contribution >= 0.6 is 0 Å². The highest BCUT2D eigenvalue weighted by Gasteiger charge is 2.21. The summed E-state index contributed by atoms with van der Waals surface area (Å²) in [7, 11) is 6.67. The number of hydrogen-bond acceptors (Lipinski definition) is 1. The molecule has 0 amide bonds. The lowest BCUT2D eigenvalue weighted by molar-refractivity contribution is -0.920. The van der Waals surface area contributed by atoms with Crippen LogP contribution in [0, 0.1) is 0 Å². The highest BCUT2D eigenvalue weighted by atomic mass is 16.5. The molecule has 0 N–H and O–H groups in total. The summed E-state index contributed by atoms with van der Waals surface area (Å²) in [4.78, 5) is 0. The molecule has 0 aliphatic rings. The van der Waals surface area contributed by atoms with E-state index in [0.717, 1.165) is 17.5 Å². The summed E-state index contributed by atoms with van der Waals surface area (Å²) in [6.45, 7) is 5.46. The normalized spacial score (nSPS) is 13.3. The van der Waals surface area contributed by atoms with Crippen LogP contribution in [0.1, 0.15) is 123 Å². The molecule has 0 saturated heterocycles. The Bertz CT molecular complexity index is 272. The average molecular weight is 371 g/mol. The van der Waals surface area contributed by atoms with Gasteiger partial charge in [-0.2, -0.15) is 0 Å². The Morgan fingerprint density at radius 3 is 1.19 bits per heavy atom. The van der Waals surface area contributed by atoms with E-state index in [1.165, 1.54) is 103 Å². The molecule has 0 aliphatic carbocycles. The molecule has 26 heavy (non-hydrogen) atoms. The van der Waals surface area contributed by atoms with Crippen LogP contribution in [0.5, 0.6) is 0 Å². The number of rotatable bonds is 20. The summed E-state index contributed by atoms with van der Waals surface area (Å²) in [6.07, 6.45) is 24.2. The second-order valence-electron chi connectivity index (χ2n) is 9.15. The minimum Gasteiger partial charge on any atom is -0.329 e. The molecule has 1 atom stereocenters. The van der Waals surface area contributed by atoms with Crippen LogP contribution in [0.25, 0.3) is 0 Å². The molecular weight excluding hydrogens is 318 g/mol. The van der Waals surface area contributed by atoms with Gasteiger partial charge in [0.1, 0.15) is 0 Å². The summed E-state index contributed by atoms with van der Waals surface area (Å²) in [5, 5.41) is 0. The van der Waals surface area contributed by atoms with Crippen molar-refractivity contribution in [1.29, 1.82) is 0 Å². The van der Waals surface area contributed by atoms with E-state index in [2.05, 4.69) is 35.0 Å². The van der Waals surface area contributed by atoms with E-state index in [4.69, 9.17) is 4.74 Å². The summed E-state index contributed by atoms with van der Waals surface area (Å²) in [5.74, 6) is 0. The predicted octanol–water partition coefficient (Wildman–Crippen LogP) is 7.71. The Morgan fingerprint density at radius 1 is 0.538 bits per heavy atom. The third kappa shape index (κ3) is 17.3. The third-order valence-corrected chi connectivity index (χ3v) is 5.52. The standard InChI is InChI=1S/C24H52NO/c1-6-8-9-10-11-12-13-14-15-16-17-18-19-20-21-22-23-26-24(7-2)25(3,4)5/h24H,6-23H2,1-5H3/q+1. The summed E-state index contributed by atoms with van der Waals surface area (Å²) >= 11 is 0. The van der Waals surface area contributed by atoms with Crippen LogP contribution in [-0.2, 0) is 4.74 Å². The van der Waals surface area contributed by atoms with E-state index in [0.29, 0.717) is 6.23 Å². The van der Waals surface area contributed by atoms with E-state index < -0.39 is 0 Å². The Labute approximate surface area is 166 Å². The van der Waals surface area contributed by atoms with Gasteiger partial charge >= 0.3 is 0 Å². The van der Waals surface area contributed by atoms with Crippen molar-refractivity contribution in [1.82, 2.24) is 0 Å². The molecule has 0 fully saturated rings. The first-order chi connectivity index (χ1) is 12.5. The number of quaternary nitrogens is 1. The van der Waals surface area contributed by atoms with Gasteiger partial charge in [0.2, 0.25) is 0 Å². The first-order valence-corrected chi connectivity index (χ1v) is 11.9. The van der Waals surface area contributed by atoms with E-state index in [9.17, 15) is 0 Å². The van der Waals surface area contributed by atoms with Crippen molar-refractivity contribution in [2.24, 2.45) is 0 Å². The van der Waals surface area contributed by atoms with Crippen molar-refractivity contribution >= 4 is 0 Å². The predicted molar refractivity (Wildman–Crippen MR) is 118 cm³/mol. The Balaban J connectivity index is 3.18. The van der Waals surface area contributed by atoms with Crippen molar-refractivity contribution in [3.8, 4) is 0 Å². The first kappa shape index (κ1) is 25.9. The van der Waals surface area contributed by atoms with Crippen molar-refractivity contribution in [3.05, 3.63) is 0 Å². The molecular formula is C24H52NO+. The van der Waals surface area contributed by atoms with Gasteiger partial charge in [0.25, 0.3) is 0 Å². The molecule has 158 valence electrons. The lowest BCUT2D eigenvalue weighted by atomic mass is 10.0. The van der Waals surface area contributed by atoms with E-state index >= 15 is 0 Å². The maximum Gasteiger partial charge on any atom is 0.192 e. The molecule has 0 aromatic heterocycles. The maximum atomic E-state index is 6.05. The zero-order valence-corrected chi connectivity index (χ0v) is 19.2. The molecule has 0 rings (SSSR count). The van der Waals surface area contributed by atoms with E-state index in [-0.39, 0.29) is 0 Å². The molecule has 0 spiro atoms. The van der Waals surface area contributed by atoms with Gasteiger partial charge in [0, 0.05) is 6.42 Å². The Hall–Kier alpha value is -0.0800. The fraction of sp³-hybridized carbons (Fsp3) is 1.00. The molecule has 0 bridgehead atoms. The summed E-state index contributed by atoms with van der Waals surface area (Å²) < 4.78 is 6.96. The van der Waals surface area contributed by atoms with Gasteiger partial charge in [0.05, 0.1) is 27.7 Å². The summed E-state index contributed by atoms with van der Waals surface area (Å²) in [6, 6.07) is 0. The van der Waals surface area contributed by atoms with Gasteiger partial charge < -0.3 is 9.22 Å². The smallest absolute Gasteiger partial charge is 0.192 e. The molecule has 1 unspecified atom stereocenters. The highest BCUT2D eigenvalue weighted by molar-refractivity contribution is 4.50. The zero-order chi connectivity index (χ0) is 19.5. The van der Waals surface area contributed by atoms with Crippen LogP contribution in [0.15, 0.2) is 0 Å². The molecule has 0 radical (unpaired) electrons. The van der Waals surface area contributed by atoms with Gasteiger partial charge in [-0.3, -0.25) is 0 Å². The third-order valence-electron chi connectivity index (χ3n) is 5.52. The molecule has 2 heteroatoms. The lowest BCUT2D eigenvalue weighted by Crippen LogP contribution is -2.46. The van der Waals surface area contributed by atoms with E-state index in [1.807, 2.05) is 0 Å². The monoisotopic (exact) mass is 370 g/mol. The van der Waals surface area contributed by atoms with Crippen LogP contribution in [-0.4, -0.2) is 38.5 Å². The molecule has 2 nitrogen and oxygen atoms in total. The molecule has 0 aliphatic heterocycles. The Morgan fingerprint density at radius 2 is 0.885 bits per heavy atom. The summed E-state index contributed by atoms with van der Waals surface area (Å²) in [5.41, 5.74) is 0. The quantitative estimate of drug-likeness (QED) is 0.121. The molecule has 0 aromatic carbocycles. The average Bonchev–Trinajstić information content (AvgIpc) is 2.59. The Kier molecular flexibility index (Phi) is 18.2. The van der Waals surface area contributed by atoms with Gasteiger partial charge in [-0.15, -0.1) is 0 Å². The van der Waals surface area contributed by atoms with Crippen molar-refractivity contribution in [3.63, 3.8) is 0 Å². The van der Waals surface area contributed by atoms with Crippen molar-refractivity contribution < 1.29 is 9.22 Å². The minimum absolute atomic E-state index is 0.353. The lowest BCUT2D eigenvalue weighted by Gasteiger charge is -2.33. The molecule has 0 aromatic rings. The maximum absolute atomic E-state index is 6.05. The van der Waals surface area contributed by atoms with E-state index in [1.54, 1.807) is 0 Å². The van der Waals surface area contributed by atoms with Gasteiger partial charge in [-0.25, -0.2) is 0 Å². The minimum atomic E-state index is 0.353. The molecule has 0 saturated carbocycles. The van der Waals surface area contributed by atoms with Crippen molar-refractivity contribution in [2.45, 2.75) is 129 Å². The fourth-order valence-corrected chi connectivity index (χ4v) is 3.76. The number of ether oxygens (including phenoxy) is 1. The topological polar surface area (TPSA) is 9.23 Å². The van der Waals surface area contributed by atoms with Gasteiger partial charge in [0.15, 0.2) is 6.23 Å². The first-order valence-electron chi connectivity index (χ1n) is 11.9. The largest absolute Gasteiger partial charge is 0.329 e. The number of nitrogens with zero attached hydrogens (tertiary/aromatic N) is 1. The molecule has 0 heterocycles. The second-order valence-corrected chi connectivity index (χ2v) is 9.15. The SMILES string of the molecule is CCCCCCCCCCCCCCCCCCOC(CC)[N+](C)(C)C. The van der Waals surface area contributed by atoms with Crippen LogP contribution in [0.4, 0.5) is 0 Å². The van der Waals surface area contributed by atoms with Crippen LogP contribution in [0.2, 0.25) is 0 Å². The van der Waals surface area contributed by atoms with Gasteiger partial charge in [-0.1, -0.05) is 110 Å². The van der Waals surface area contributed by atoms with Gasteiger partial charge in [-0.05, 0) is 6.42 Å². The number of hydrogen-bond donors (Lipinski definition) is 0. The van der Waals surface area contributed by atoms with Crippen LogP contribution in [0.3, 0.4) is 0 Å².